The zero-order valence-electron chi connectivity index (χ0n) is 8.88. The number of rotatable bonds is 5. The van der Waals surface area contributed by atoms with E-state index in [0.29, 0.717) is 12.1 Å². The van der Waals surface area contributed by atoms with Crippen molar-refractivity contribution in [1.82, 2.24) is 0 Å². The first-order chi connectivity index (χ1) is 7.31. The van der Waals surface area contributed by atoms with E-state index in [-0.39, 0.29) is 0 Å². The van der Waals surface area contributed by atoms with Gasteiger partial charge in [-0.25, -0.2) is 0 Å². The Bertz CT molecular complexity index is 307. The molecule has 0 aliphatic heterocycles. The number of nitrogens with zero attached hydrogens (tertiary/aromatic N) is 1. The zero-order chi connectivity index (χ0) is 11.1. The Labute approximate surface area is 89.1 Å². The minimum atomic E-state index is -0.602. The number of benzene rings is 1. The standard InChI is InChI=1S/C11H15NO3/c1-14-11(15-2)10(12-13)8-9-6-4-3-5-7-9/h3-7,11,13H,8H2,1-2H3/b12-10-. The van der Waals surface area contributed by atoms with Crippen LogP contribution in [0.5, 0.6) is 0 Å². The van der Waals surface area contributed by atoms with Crippen molar-refractivity contribution < 1.29 is 14.7 Å². The number of hydrogen-bond donors (Lipinski definition) is 1. The minimum Gasteiger partial charge on any atom is -0.411 e. The summed E-state index contributed by atoms with van der Waals surface area (Å²) in [5.74, 6) is 0. The first-order valence-electron chi connectivity index (χ1n) is 4.62. The van der Waals surface area contributed by atoms with Crippen molar-refractivity contribution >= 4 is 5.71 Å². The molecule has 1 aromatic rings. The van der Waals surface area contributed by atoms with Crippen LogP contribution < -0.4 is 0 Å². The average molecular weight is 209 g/mol. The van der Waals surface area contributed by atoms with Gasteiger partial charge in [0.2, 0.25) is 0 Å². The van der Waals surface area contributed by atoms with E-state index in [1.165, 1.54) is 14.2 Å². The predicted octanol–water partition coefficient (Wildman–Crippen LogP) is 1.68. The highest BCUT2D eigenvalue weighted by atomic mass is 16.7. The van der Waals surface area contributed by atoms with Crippen LogP contribution in [0.2, 0.25) is 0 Å². The third-order valence-corrected chi connectivity index (χ3v) is 2.06. The highest BCUT2D eigenvalue weighted by molar-refractivity contribution is 5.89. The summed E-state index contributed by atoms with van der Waals surface area (Å²) < 4.78 is 10.0. The molecule has 0 aliphatic carbocycles. The maximum Gasteiger partial charge on any atom is 0.200 e. The van der Waals surface area contributed by atoms with Crippen LogP contribution in [0.3, 0.4) is 0 Å². The summed E-state index contributed by atoms with van der Waals surface area (Å²) in [6, 6.07) is 9.70. The number of hydrogen-bond acceptors (Lipinski definition) is 4. The van der Waals surface area contributed by atoms with Crippen LogP contribution >= 0.6 is 0 Å². The third kappa shape index (κ3) is 3.34. The molecular weight excluding hydrogens is 194 g/mol. The second-order valence-corrected chi connectivity index (χ2v) is 3.06. The van der Waals surface area contributed by atoms with Crippen LogP contribution in [0.4, 0.5) is 0 Å². The van der Waals surface area contributed by atoms with Crippen LogP contribution in [0.15, 0.2) is 35.5 Å². The molecule has 1 aromatic carbocycles. The molecule has 0 atom stereocenters. The van der Waals surface area contributed by atoms with Gasteiger partial charge in [0, 0.05) is 20.6 Å². The Hall–Kier alpha value is -1.39. The van der Waals surface area contributed by atoms with Crippen LogP contribution in [0.1, 0.15) is 5.56 Å². The molecular formula is C11H15NO3. The Kier molecular flexibility index (Phi) is 4.80. The van der Waals surface area contributed by atoms with Gasteiger partial charge in [0.05, 0.1) is 0 Å². The first kappa shape index (κ1) is 11.7. The van der Waals surface area contributed by atoms with Crippen molar-refractivity contribution in [2.75, 3.05) is 14.2 Å². The highest BCUT2D eigenvalue weighted by Crippen LogP contribution is 2.05. The lowest BCUT2D eigenvalue weighted by Crippen LogP contribution is -2.26. The lowest BCUT2D eigenvalue weighted by molar-refractivity contribution is -0.0544. The minimum absolute atomic E-state index is 0.450. The molecule has 0 aliphatic rings. The predicted molar refractivity (Wildman–Crippen MR) is 57.2 cm³/mol. The summed E-state index contributed by atoms with van der Waals surface area (Å²) in [6.45, 7) is 0. The maximum absolute atomic E-state index is 8.85. The molecule has 1 rings (SSSR count). The topological polar surface area (TPSA) is 51.0 Å². The molecule has 0 bridgehead atoms. The zero-order valence-corrected chi connectivity index (χ0v) is 8.88. The molecule has 4 heteroatoms. The fourth-order valence-corrected chi connectivity index (χ4v) is 1.34. The second kappa shape index (κ2) is 6.16. The van der Waals surface area contributed by atoms with Crippen LogP contribution in [-0.4, -0.2) is 31.4 Å². The van der Waals surface area contributed by atoms with E-state index in [1.54, 1.807) is 0 Å². The van der Waals surface area contributed by atoms with Crippen LogP contribution in [-0.2, 0) is 15.9 Å². The molecule has 0 unspecified atom stereocenters. The Morgan fingerprint density at radius 3 is 2.33 bits per heavy atom. The normalized spacial score (nSPS) is 12.1. The van der Waals surface area contributed by atoms with E-state index in [4.69, 9.17) is 14.7 Å². The summed E-state index contributed by atoms with van der Waals surface area (Å²) in [4.78, 5) is 0. The van der Waals surface area contributed by atoms with Gasteiger partial charge in [0.1, 0.15) is 5.71 Å². The molecule has 0 spiro atoms. The average Bonchev–Trinajstić information content (AvgIpc) is 2.30. The van der Waals surface area contributed by atoms with Gasteiger partial charge in [-0.05, 0) is 5.56 Å². The molecule has 82 valence electrons. The maximum atomic E-state index is 8.85. The third-order valence-electron chi connectivity index (χ3n) is 2.06. The summed E-state index contributed by atoms with van der Waals surface area (Å²) in [5, 5.41) is 12.0. The Morgan fingerprint density at radius 2 is 1.87 bits per heavy atom. The van der Waals surface area contributed by atoms with Crippen LogP contribution in [0, 0.1) is 0 Å². The van der Waals surface area contributed by atoms with Gasteiger partial charge in [0.15, 0.2) is 6.29 Å². The number of ether oxygens (including phenoxy) is 2. The molecule has 15 heavy (non-hydrogen) atoms. The molecule has 0 saturated carbocycles. The fourth-order valence-electron chi connectivity index (χ4n) is 1.34. The van der Waals surface area contributed by atoms with Crippen LogP contribution in [0.25, 0.3) is 0 Å². The van der Waals surface area contributed by atoms with Crippen molar-refractivity contribution in [3.8, 4) is 0 Å². The number of oxime groups is 1. The van der Waals surface area contributed by atoms with E-state index in [1.807, 2.05) is 30.3 Å². The van der Waals surface area contributed by atoms with Crippen molar-refractivity contribution in [2.24, 2.45) is 5.16 Å². The van der Waals surface area contributed by atoms with E-state index in [2.05, 4.69) is 5.16 Å². The molecule has 0 saturated heterocycles. The van der Waals surface area contributed by atoms with Gasteiger partial charge in [-0.2, -0.15) is 0 Å². The molecule has 0 fully saturated rings. The Balaban J connectivity index is 2.70. The number of methoxy groups -OCH3 is 2. The monoisotopic (exact) mass is 209 g/mol. The van der Waals surface area contributed by atoms with E-state index in [0.717, 1.165) is 5.56 Å². The van der Waals surface area contributed by atoms with E-state index < -0.39 is 6.29 Å². The summed E-state index contributed by atoms with van der Waals surface area (Å²) in [7, 11) is 3.01. The van der Waals surface area contributed by atoms with Gasteiger partial charge in [-0.3, -0.25) is 0 Å². The molecule has 0 amide bonds. The fraction of sp³-hybridized carbons (Fsp3) is 0.364. The van der Waals surface area contributed by atoms with Gasteiger partial charge in [-0.1, -0.05) is 35.5 Å². The summed E-state index contributed by atoms with van der Waals surface area (Å²) in [5.41, 5.74) is 1.50. The first-order valence-corrected chi connectivity index (χ1v) is 4.62. The largest absolute Gasteiger partial charge is 0.411 e. The van der Waals surface area contributed by atoms with Crippen molar-refractivity contribution in [3.05, 3.63) is 35.9 Å². The quantitative estimate of drug-likeness (QED) is 0.347. The van der Waals surface area contributed by atoms with Crippen molar-refractivity contribution in [2.45, 2.75) is 12.7 Å². The van der Waals surface area contributed by atoms with E-state index >= 15 is 0 Å². The van der Waals surface area contributed by atoms with Gasteiger partial charge in [0.25, 0.3) is 0 Å². The van der Waals surface area contributed by atoms with Crippen molar-refractivity contribution in [3.63, 3.8) is 0 Å². The molecule has 0 heterocycles. The molecule has 0 radical (unpaired) electrons. The summed E-state index contributed by atoms with van der Waals surface area (Å²) in [6.07, 6.45) is -0.0980. The highest BCUT2D eigenvalue weighted by Gasteiger charge is 2.15. The Morgan fingerprint density at radius 1 is 1.27 bits per heavy atom. The smallest absolute Gasteiger partial charge is 0.200 e. The van der Waals surface area contributed by atoms with Crippen molar-refractivity contribution in [1.29, 1.82) is 0 Å². The van der Waals surface area contributed by atoms with Gasteiger partial charge < -0.3 is 14.7 Å². The van der Waals surface area contributed by atoms with Gasteiger partial charge >= 0.3 is 0 Å². The lowest BCUT2D eigenvalue weighted by atomic mass is 10.1. The van der Waals surface area contributed by atoms with E-state index in [9.17, 15) is 0 Å². The second-order valence-electron chi connectivity index (χ2n) is 3.06. The molecule has 1 N–H and O–H groups in total. The molecule has 4 nitrogen and oxygen atoms in total. The summed E-state index contributed by atoms with van der Waals surface area (Å²) >= 11 is 0. The lowest BCUT2D eigenvalue weighted by Gasteiger charge is -2.14. The molecule has 0 aromatic heterocycles. The van der Waals surface area contributed by atoms with Gasteiger partial charge in [-0.15, -0.1) is 0 Å². The SMILES string of the molecule is COC(OC)/C(Cc1ccccc1)=N\O.